The highest BCUT2D eigenvalue weighted by Crippen LogP contribution is 2.28. The number of hydrogen-bond acceptors (Lipinski definition) is 4. The Kier molecular flexibility index (Phi) is 8.06. The van der Waals surface area contributed by atoms with Gasteiger partial charge in [-0.3, -0.25) is 9.59 Å². The van der Waals surface area contributed by atoms with E-state index >= 15 is 0 Å². The van der Waals surface area contributed by atoms with E-state index in [2.05, 4.69) is 15.4 Å². The van der Waals surface area contributed by atoms with Crippen LogP contribution in [0, 0.1) is 11.8 Å². The second-order valence-corrected chi connectivity index (χ2v) is 9.86. The van der Waals surface area contributed by atoms with Crippen molar-refractivity contribution in [2.45, 2.75) is 30.6 Å². The van der Waals surface area contributed by atoms with Crippen LogP contribution in [-0.2, 0) is 19.6 Å². The van der Waals surface area contributed by atoms with Crippen molar-refractivity contribution in [3.63, 3.8) is 0 Å². The summed E-state index contributed by atoms with van der Waals surface area (Å²) in [6, 6.07) is 15.1. The molecule has 1 aliphatic carbocycles. The summed E-state index contributed by atoms with van der Waals surface area (Å²) in [6.45, 7) is 0.246. The van der Waals surface area contributed by atoms with Gasteiger partial charge in [0.05, 0.1) is 11.4 Å². The molecule has 2 amide bonds. The SMILES string of the molecule is O=C(CNC(=O)C1CCC(CNS(=O)(=O)c2ccccc2)CC1)Nc1cccc(Cl)c1. The number of halogens is 1. The Morgan fingerprint density at radius 1 is 0.968 bits per heavy atom. The number of carbonyl (C=O) groups is 2. The first-order valence-electron chi connectivity index (χ1n) is 10.2. The van der Waals surface area contributed by atoms with Crippen molar-refractivity contribution in [2.75, 3.05) is 18.4 Å². The first kappa shape index (κ1) is 23.2. The average Bonchev–Trinajstić information content (AvgIpc) is 2.77. The Labute approximate surface area is 187 Å². The van der Waals surface area contributed by atoms with Gasteiger partial charge >= 0.3 is 0 Å². The van der Waals surface area contributed by atoms with Crippen LogP contribution in [0.15, 0.2) is 59.5 Å². The summed E-state index contributed by atoms with van der Waals surface area (Å²) in [5, 5.41) is 5.89. The van der Waals surface area contributed by atoms with Crippen LogP contribution < -0.4 is 15.4 Å². The molecule has 9 heteroatoms. The standard InChI is InChI=1S/C22H26ClN3O4S/c23-18-5-4-6-19(13-18)26-21(27)15-24-22(28)17-11-9-16(10-12-17)14-25-31(29,30)20-7-2-1-3-8-20/h1-8,13,16-17,25H,9-12,14-15H2,(H,24,28)(H,26,27). The highest BCUT2D eigenvalue weighted by molar-refractivity contribution is 7.89. The van der Waals surface area contributed by atoms with Crippen molar-refractivity contribution in [2.24, 2.45) is 11.8 Å². The van der Waals surface area contributed by atoms with Crippen molar-refractivity contribution in [3.8, 4) is 0 Å². The smallest absolute Gasteiger partial charge is 0.243 e. The number of hydrogen-bond donors (Lipinski definition) is 3. The molecule has 0 radical (unpaired) electrons. The highest BCUT2D eigenvalue weighted by atomic mass is 35.5. The highest BCUT2D eigenvalue weighted by Gasteiger charge is 2.27. The van der Waals surface area contributed by atoms with Gasteiger partial charge in [-0.05, 0) is 61.9 Å². The third-order valence-electron chi connectivity index (χ3n) is 5.36. The quantitative estimate of drug-likeness (QED) is 0.559. The minimum absolute atomic E-state index is 0.109. The van der Waals surface area contributed by atoms with Crippen molar-refractivity contribution in [3.05, 3.63) is 59.6 Å². The van der Waals surface area contributed by atoms with Crippen LogP contribution in [-0.4, -0.2) is 33.3 Å². The fourth-order valence-corrected chi connectivity index (χ4v) is 4.95. The molecule has 1 fully saturated rings. The maximum atomic E-state index is 12.4. The zero-order chi connectivity index (χ0) is 22.3. The van der Waals surface area contributed by atoms with Gasteiger partial charge in [-0.25, -0.2) is 13.1 Å². The molecule has 0 aliphatic heterocycles. The summed E-state index contributed by atoms with van der Waals surface area (Å²) in [4.78, 5) is 24.7. The zero-order valence-corrected chi connectivity index (χ0v) is 18.6. The molecule has 0 aromatic heterocycles. The van der Waals surface area contributed by atoms with Gasteiger partial charge in [-0.15, -0.1) is 0 Å². The molecule has 0 bridgehead atoms. The van der Waals surface area contributed by atoms with Gasteiger partial charge in [-0.2, -0.15) is 0 Å². The third-order valence-corrected chi connectivity index (χ3v) is 7.04. The van der Waals surface area contributed by atoms with Crippen LogP contribution in [0.5, 0.6) is 0 Å². The molecule has 3 N–H and O–H groups in total. The Hall–Kier alpha value is -2.42. The molecule has 7 nitrogen and oxygen atoms in total. The number of rotatable bonds is 8. The Morgan fingerprint density at radius 2 is 1.68 bits per heavy atom. The fourth-order valence-electron chi connectivity index (χ4n) is 3.62. The third kappa shape index (κ3) is 7.05. The number of carbonyl (C=O) groups excluding carboxylic acids is 2. The number of sulfonamides is 1. The van der Waals surface area contributed by atoms with Crippen molar-refractivity contribution in [1.82, 2.24) is 10.0 Å². The first-order chi connectivity index (χ1) is 14.8. The molecule has 31 heavy (non-hydrogen) atoms. The predicted molar refractivity (Wildman–Crippen MR) is 120 cm³/mol. The van der Waals surface area contributed by atoms with Crippen LogP contribution in [0.4, 0.5) is 5.69 Å². The van der Waals surface area contributed by atoms with Crippen LogP contribution >= 0.6 is 11.6 Å². The maximum Gasteiger partial charge on any atom is 0.243 e. The molecular weight excluding hydrogens is 438 g/mol. The van der Waals surface area contributed by atoms with Crippen LogP contribution in [0.1, 0.15) is 25.7 Å². The summed E-state index contributed by atoms with van der Waals surface area (Å²) < 4.78 is 27.3. The molecule has 1 aliphatic rings. The minimum Gasteiger partial charge on any atom is -0.347 e. The Balaban J connectivity index is 1.38. The van der Waals surface area contributed by atoms with Crippen molar-refractivity contribution >= 4 is 39.1 Å². The Morgan fingerprint density at radius 3 is 2.35 bits per heavy atom. The molecule has 0 atom stereocenters. The van der Waals surface area contributed by atoms with Gasteiger partial charge in [0.1, 0.15) is 0 Å². The molecular formula is C22H26ClN3O4S. The lowest BCUT2D eigenvalue weighted by molar-refractivity contribution is -0.128. The second-order valence-electron chi connectivity index (χ2n) is 7.66. The summed E-state index contributed by atoms with van der Waals surface area (Å²) in [7, 11) is -3.52. The molecule has 2 aromatic rings. The lowest BCUT2D eigenvalue weighted by Crippen LogP contribution is -2.39. The molecule has 0 heterocycles. The average molecular weight is 464 g/mol. The molecule has 3 rings (SSSR count). The predicted octanol–water partition coefficient (Wildman–Crippen LogP) is 3.18. The first-order valence-corrected chi connectivity index (χ1v) is 12.1. The van der Waals surface area contributed by atoms with Gasteiger partial charge in [0.15, 0.2) is 0 Å². The van der Waals surface area contributed by atoms with E-state index in [-0.39, 0.29) is 35.1 Å². The molecule has 0 spiro atoms. The van der Waals surface area contributed by atoms with E-state index in [4.69, 9.17) is 11.6 Å². The van der Waals surface area contributed by atoms with E-state index in [0.717, 1.165) is 12.8 Å². The number of anilines is 1. The van der Waals surface area contributed by atoms with E-state index in [1.807, 2.05) is 0 Å². The molecule has 2 aromatic carbocycles. The van der Waals surface area contributed by atoms with Gasteiger partial charge in [-0.1, -0.05) is 35.9 Å². The van der Waals surface area contributed by atoms with Crippen LogP contribution in [0.3, 0.4) is 0 Å². The number of benzene rings is 2. The van der Waals surface area contributed by atoms with Crippen molar-refractivity contribution in [1.29, 1.82) is 0 Å². The fraction of sp³-hybridized carbons (Fsp3) is 0.364. The molecule has 0 unspecified atom stereocenters. The summed E-state index contributed by atoms with van der Waals surface area (Å²) >= 11 is 5.89. The lowest BCUT2D eigenvalue weighted by atomic mass is 9.81. The lowest BCUT2D eigenvalue weighted by Gasteiger charge is -2.27. The summed E-state index contributed by atoms with van der Waals surface area (Å²) in [6.07, 6.45) is 2.84. The van der Waals surface area contributed by atoms with Gasteiger partial charge < -0.3 is 10.6 Å². The Bertz CT molecular complexity index is 1010. The largest absolute Gasteiger partial charge is 0.347 e. The van der Waals surface area contributed by atoms with E-state index in [0.29, 0.717) is 30.1 Å². The normalized spacial score (nSPS) is 18.9. The van der Waals surface area contributed by atoms with E-state index in [1.165, 1.54) is 0 Å². The summed E-state index contributed by atoms with van der Waals surface area (Å²) in [5.41, 5.74) is 0.574. The van der Waals surface area contributed by atoms with Gasteiger partial charge in [0.25, 0.3) is 0 Å². The molecule has 166 valence electrons. The topological polar surface area (TPSA) is 104 Å². The van der Waals surface area contributed by atoms with Gasteiger partial charge in [0, 0.05) is 23.2 Å². The summed E-state index contributed by atoms with van der Waals surface area (Å²) in [5.74, 6) is -0.446. The van der Waals surface area contributed by atoms with E-state index in [1.54, 1.807) is 54.6 Å². The van der Waals surface area contributed by atoms with E-state index in [9.17, 15) is 18.0 Å². The van der Waals surface area contributed by atoms with Gasteiger partial charge in [0.2, 0.25) is 21.8 Å². The maximum absolute atomic E-state index is 12.4. The van der Waals surface area contributed by atoms with Crippen molar-refractivity contribution < 1.29 is 18.0 Å². The molecule has 1 saturated carbocycles. The zero-order valence-electron chi connectivity index (χ0n) is 17.0. The van der Waals surface area contributed by atoms with Crippen LogP contribution in [0.2, 0.25) is 5.02 Å². The number of amides is 2. The number of nitrogens with one attached hydrogen (secondary N) is 3. The second kappa shape index (κ2) is 10.7. The minimum atomic E-state index is -3.52. The monoisotopic (exact) mass is 463 g/mol. The van der Waals surface area contributed by atoms with Crippen LogP contribution in [0.25, 0.3) is 0 Å². The van der Waals surface area contributed by atoms with E-state index < -0.39 is 10.0 Å². The molecule has 0 saturated heterocycles.